The molecule has 0 amide bonds. The molecule has 3 aromatic carbocycles. The number of aromatic nitrogens is 4. The summed E-state index contributed by atoms with van der Waals surface area (Å²) in [4.78, 5) is 44.6. The van der Waals surface area contributed by atoms with E-state index in [9.17, 15) is 24.8 Å². The molecule has 0 saturated heterocycles. The Morgan fingerprint density at radius 2 is 1.83 bits per heavy atom. The summed E-state index contributed by atoms with van der Waals surface area (Å²) in [6, 6.07) is 18.0. The zero-order valence-corrected chi connectivity index (χ0v) is 18.5. The maximum Gasteiger partial charge on any atom is 0.305 e. The summed E-state index contributed by atoms with van der Waals surface area (Å²) in [5.41, 5.74) is 2.31. The molecule has 0 bridgehead atoms. The van der Waals surface area contributed by atoms with Crippen molar-refractivity contribution in [1.29, 1.82) is 0 Å². The molecule has 1 unspecified atom stereocenters. The average Bonchev–Trinajstić information content (AvgIpc) is 3.26. The van der Waals surface area contributed by atoms with E-state index in [0.717, 1.165) is 5.56 Å². The van der Waals surface area contributed by atoms with Crippen molar-refractivity contribution in [2.45, 2.75) is 19.4 Å². The van der Waals surface area contributed by atoms with Crippen LogP contribution in [0.1, 0.15) is 23.9 Å². The Bertz CT molecular complexity index is 1670. The molecule has 10 heteroatoms. The van der Waals surface area contributed by atoms with Crippen LogP contribution in [0.15, 0.2) is 77.9 Å². The number of hydrogen-bond donors (Lipinski definition) is 1. The second-order valence-corrected chi connectivity index (χ2v) is 8.11. The molecule has 174 valence electrons. The number of aryl methyl sites for hydroxylation is 1. The molecule has 2 heterocycles. The number of hydrogen-bond acceptors (Lipinski definition) is 6. The van der Waals surface area contributed by atoms with Crippen LogP contribution >= 0.6 is 0 Å². The van der Waals surface area contributed by atoms with E-state index < -0.39 is 22.5 Å². The molecule has 0 spiro atoms. The summed E-state index contributed by atoms with van der Waals surface area (Å²) in [6.45, 7) is 1.68. The van der Waals surface area contributed by atoms with Gasteiger partial charge >= 0.3 is 5.97 Å². The standard InChI is InChI=1S/C25H19N5O5/c1-15-27-20-9-8-18(30(34)35)11-19(20)25(33)29(15)17-7-10-21-23(12-17)28(14-26-21)22(13-24(31)32)16-5-3-2-4-6-16/h2-12,14,22H,13H2,1H3,(H,31,32). The third-order valence-corrected chi connectivity index (χ3v) is 5.94. The molecule has 0 aliphatic heterocycles. The summed E-state index contributed by atoms with van der Waals surface area (Å²) in [5.74, 6) is -0.545. The normalized spacial score (nSPS) is 12.1. The van der Waals surface area contributed by atoms with E-state index in [1.165, 1.54) is 22.8 Å². The maximum absolute atomic E-state index is 13.4. The smallest absolute Gasteiger partial charge is 0.305 e. The van der Waals surface area contributed by atoms with Crippen molar-refractivity contribution in [3.05, 3.63) is 105 Å². The van der Waals surface area contributed by atoms with Crippen LogP contribution in [0.4, 0.5) is 5.69 Å². The monoisotopic (exact) mass is 469 g/mol. The molecule has 5 aromatic rings. The van der Waals surface area contributed by atoms with Gasteiger partial charge in [0.2, 0.25) is 0 Å². The number of nitrogens with zero attached hydrogens (tertiary/aromatic N) is 5. The van der Waals surface area contributed by atoms with Crippen LogP contribution in [0.25, 0.3) is 27.6 Å². The molecule has 0 fully saturated rings. The highest BCUT2D eigenvalue weighted by Crippen LogP contribution is 2.28. The van der Waals surface area contributed by atoms with Crippen LogP contribution in [0, 0.1) is 17.0 Å². The Hall–Kier alpha value is -4.86. The number of benzene rings is 3. The lowest BCUT2D eigenvalue weighted by molar-refractivity contribution is -0.384. The first-order valence-electron chi connectivity index (χ1n) is 10.7. The number of carboxylic acids is 1. The van der Waals surface area contributed by atoms with Crippen molar-refractivity contribution in [1.82, 2.24) is 19.1 Å². The molecule has 0 saturated carbocycles. The summed E-state index contributed by atoms with van der Waals surface area (Å²) >= 11 is 0. The molecule has 5 rings (SSSR count). The van der Waals surface area contributed by atoms with Crippen LogP contribution in [0.2, 0.25) is 0 Å². The highest BCUT2D eigenvalue weighted by molar-refractivity contribution is 5.82. The number of rotatable bonds is 6. The van der Waals surface area contributed by atoms with E-state index in [4.69, 9.17) is 0 Å². The average molecular weight is 469 g/mol. The molecule has 2 aromatic heterocycles. The van der Waals surface area contributed by atoms with Gasteiger partial charge in [-0.3, -0.25) is 24.3 Å². The highest BCUT2D eigenvalue weighted by atomic mass is 16.6. The lowest BCUT2D eigenvalue weighted by Gasteiger charge is -2.19. The van der Waals surface area contributed by atoms with Gasteiger partial charge in [0.05, 0.1) is 51.3 Å². The minimum Gasteiger partial charge on any atom is -0.481 e. The van der Waals surface area contributed by atoms with Crippen LogP contribution in [-0.2, 0) is 4.79 Å². The molecule has 0 radical (unpaired) electrons. The predicted molar refractivity (Wildman–Crippen MR) is 129 cm³/mol. The van der Waals surface area contributed by atoms with Crippen LogP contribution in [0.3, 0.4) is 0 Å². The van der Waals surface area contributed by atoms with Gasteiger partial charge < -0.3 is 9.67 Å². The van der Waals surface area contributed by atoms with Crippen LogP contribution in [0.5, 0.6) is 0 Å². The van der Waals surface area contributed by atoms with E-state index >= 15 is 0 Å². The van der Waals surface area contributed by atoms with Crippen molar-refractivity contribution in [3.8, 4) is 5.69 Å². The molecular formula is C25H19N5O5. The van der Waals surface area contributed by atoms with Gasteiger partial charge in [-0.2, -0.15) is 0 Å². The number of imidazole rings is 1. The third kappa shape index (κ3) is 3.90. The fourth-order valence-electron chi connectivity index (χ4n) is 4.32. The SMILES string of the molecule is Cc1nc2ccc([N+](=O)[O-])cc2c(=O)n1-c1ccc2ncn(C(CC(=O)O)c3ccccc3)c2c1. The fraction of sp³-hybridized carbons (Fsp3) is 0.120. The first kappa shape index (κ1) is 22.0. The van der Waals surface area contributed by atoms with E-state index in [1.54, 1.807) is 36.0 Å². The van der Waals surface area contributed by atoms with Gasteiger partial charge in [0, 0.05) is 12.1 Å². The first-order valence-corrected chi connectivity index (χ1v) is 10.7. The van der Waals surface area contributed by atoms with Crippen molar-refractivity contribution in [3.63, 3.8) is 0 Å². The lowest BCUT2D eigenvalue weighted by Crippen LogP contribution is -2.22. The number of nitro benzene ring substituents is 1. The van der Waals surface area contributed by atoms with E-state index in [1.807, 2.05) is 30.3 Å². The maximum atomic E-state index is 13.4. The molecule has 10 nitrogen and oxygen atoms in total. The topological polar surface area (TPSA) is 133 Å². The summed E-state index contributed by atoms with van der Waals surface area (Å²) in [6.07, 6.45) is 1.44. The van der Waals surface area contributed by atoms with Gasteiger partial charge in [-0.1, -0.05) is 30.3 Å². The first-order chi connectivity index (χ1) is 16.8. The van der Waals surface area contributed by atoms with E-state index in [2.05, 4.69) is 9.97 Å². The van der Waals surface area contributed by atoms with Gasteiger partial charge in [-0.05, 0) is 36.8 Å². The largest absolute Gasteiger partial charge is 0.481 e. The second kappa shape index (κ2) is 8.49. The number of aliphatic carboxylic acids is 1. The summed E-state index contributed by atoms with van der Waals surface area (Å²) in [5, 5.41) is 20.9. The molecule has 1 atom stereocenters. The molecule has 35 heavy (non-hydrogen) atoms. The molecule has 1 N–H and O–H groups in total. The van der Waals surface area contributed by atoms with Crippen LogP contribution in [-0.4, -0.2) is 35.1 Å². The quantitative estimate of drug-likeness (QED) is 0.293. The van der Waals surface area contributed by atoms with Gasteiger partial charge in [0.25, 0.3) is 11.2 Å². The van der Waals surface area contributed by atoms with Gasteiger partial charge in [-0.25, -0.2) is 9.97 Å². The van der Waals surface area contributed by atoms with Gasteiger partial charge in [0.1, 0.15) is 5.82 Å². The molecule has 0 aliphatic carbocycles. The zero-order chi connectivity index (χ0) is 24.7. The predicted octanol–water partition coefficient (Wildman–Crippen LogP) is 4.02. The van der Waals surface area contributed by atoms with Crippen molar-refractivity contribution < 1.29 is 14.8 Å². The summed E-state index contributed by atoms with van der Waals surface area (Å²) in [7, 11) is 0. The second-order valence-electron chi connectivity index (χ2n) is 8.11. The summed E-state index contributed by atoms with van der Waals surface area (Å²) < 4.78 is 3.17. The van der Waals surface area contributed by atoms with E-state index in [0.29, 0.717) is 28.1 Å². The third-order valence-electron chi connectivity index (χ3n) is 5.94. The number of nitro groups is 1. The Morgan fingerprint density at radius 3 is 2.54 bits per heavy atom. The van der Waals surface area contributed by atoms with Crippen molar-refractivity contribution in [2.75, 3.05) is 0 Å². The highest BCUT2D eigenvalue weighted by Gasteiger charge is 2.21. The fourth-order valence-corrected chi connectivity index (χ4v) is 4.32. The number of fused-ring (bicyclic) bond motifs is 2. The molecular weight excluding hydrogens is 450 g/mol. The Kier molecular flexibility index (Phi) is 5.33. The van der Waals surface area contributed by atoms with Crippen molar-refractivity contribution >= 4 is 33.6 Å². The minimum absolute atomic E-state index is 0.131. The Balaban J connectivity index is 1.70. The van der Waals surface area contributed by atoms with E-state index in [-0.39, 0.29) is 17.5 Å². The zero-order valence-electron chi connectivity index (χ0n) is 18.5. The minimum atomic E-state index is -0.954. The number of non-ortho nitro benzene ring substituents is 1. The Morgan fingerprint density at radius 1 is 1.09 bits per heavy atom. The molecule has 0 aliphatic rings. The Labute approximate surface area is 197 Å². The van der Waals surface area contributed by atoms with Crippen molar-refractivity contribution in [2.24, 2.45) is 0 Å². The van der Waals surface area contributed by atoms with Gasteiger partial charge in [0.15, 0.2) is 0 Å². The van der Waals surface area contributed by atoms with Crippen LogP contribution < -0.4 is 5.56 Å². The lowest BCUT2D eigenvalue weighted by atomic mass is 10.0. The van der Waals surface area contributed by atoms with Gasteiger partial charge in [-0.15, -0.1) is 0 Å². The number of carbonyl (C=O) groups is 1. The number of carboxylic acid groups (broad SMARTS) is 1.